The van der Waals surface area contributed by atoms with Crippen LogP contribution in [-0.4, -0.2) is 89.9 Å². The Morgan fingerprint density at radius 2 is 1.62 bits per heavy atom. The average molecular weight is 828 g/mol. The molecule has 19 heteroatoms. The van der Waals surface area contributed by atoms with Gasteiger partial charge in [-0.15, -0.1) is 0 Å². The molecule has 0 aliphatic carbocycles. The molecule has 2 aromatic carbocycles. The van der Waals surface area contributed by atoms with Crippen molar-refractivity contribution in [2.24, 2.45) is 0 Å². The Kier molecular flexibility index (Phi) is 13.8. The number of aromatic carboxylic acids is 1. The number of carboxylic acids is 1. The van der Waals surface area contributed by atoms with Crippen molar-refractivity contribution in [1.29, 1.82) is 0 Å². The van der Waals surface area contributed by atoms with Gasteiger partial charge in [0.1, 0.15) is 12.5 Å². The molecule has 0 amide bonds. The topological polar surface area (TPSA) is 145 Å². The van der Waals surface area contributed by atoms with Gasteiger partial charge in [-0.05, 0) is 47.5 Å². The molecule has 0 saturated carbocycles. The maximum Gasteiger partial charge on any atom is 0.393 e. The van der Waals surface area contributed by atoms with Crippen LogP contribution in [0.3, 0.4) is 0 Å². The Balaban J connectivity index is 1.86. The number of benzene rings is 2. The minimum absolute atomic E-state index is 0.0206. The first-order valence-electron chi connectivity index (χ1n) is 17.5. The van der Waals surface area contributed by atoms with Crippen LogP contribution in [0, 0.1) is 5.82 Å². The van der Waals surface area contributed by atoms with Crippen molar-refractivity contribution >= 4 is 54.5 Å². The molecule has 302 valence electrons. The second kappa shape index (κ2) is 17.4. The summed E-state index contributed by atoms with van der Waals surface area (Å²) in [7, 11) is -5.23. The molecule has 0 aliphatic rings. The van der Waals surface area contributed by atoms with Crippen LogP contribution in [-0.2, 0) is 39.2 Å². The summed E-state index contributed by atoms with van der Waals surface area (Å²) < 4.78 is 102. The van der Waals surface area contributed by atoms with Gasteiger partial charge < -0.3 is 24.6 Å². The normalized spacial score (nSPS) is 12.7. The number of nitrogens with zero attached hydrogens (tertiary/aromatic N) is 4. The summed E-state index contributed by atoms with van der Waals surface area (Å²) in [5.74, 6) is -2.89. The molecule has 12 nitrogen and oxygen atoms in total. The third kappa shape index (κ3) is 12.5. The van der Waals surface area contributed by atoms with Crippen LogP contribution in [0.4, 0.5) is 29.1 Å². The van der Waals surface area contributed by atoms with Crippen molar-refractivity contribution in [3.8, 4) is 17.0 Å². The second-order valence-electron chi connectivity index (χ2n) is 15.7. The van der Waals surface area contributed by atoms with E-state index in [2.05, 4.69) is 54.7 Å². The average Bonchev–Trinajstić information content (AvgIpc) is 3.43. The molecule has 4 rings (SSSR count). The van der Waals surface area contributed by atoms with Gasteiger partial charge in [-0.2, -0.15) is 18.3 Å². The molecule has 0 bridgehead atoms. The van der Waals surface area contributed by atoms with E-state index < -0.39 is 62.0 Å². The fourth-order valence-corrected chi connectivity index (χ4v) is 7.46. The number of fused-ring (bicyclic) bond motifs is 1. The lowest BCUT2D eigenvalue weighted by Gasteiger charge is -2.21. The van der Waals surface area contributed by atoms with Crippen LogP contribution in [0.15, 0.2) is 42.5 Å². The maximum absolute atomic E-state index is 15.7. The van der Waals surface area contributed by atoms with Crippen LogP contribution in [0.5, 0.6) is 5.75 Å². The summed E-state index contributed by atoms with van der Waals surface area (Å²) in [5, 5.41) is 17.6. The van der Waals surface area contributed by atoms with Crippen molar-refractivity contribution in [2.75, 3.05) is 42.9 Å². The largest absolute Gasteiger partial charge is 0.476 e. The summed E-state index contributed by atoms with van der Waals surface area (Å²) in [6.07, 6.45) is -5.12. The molecule has 55 heavy (non-hydrogen) atoms. The third-order valence-corrected chi connectivity index (χ3v) is 13.1. The highest BCUT2D eigenvalue weighted by Gasteiger charge is 2.31. The lowest BCUT2D eigenvalue weighted by Crippen LogP contribution is -2.26. The van der Waals surface area contributed by atoms with E-state index in [4.69, 9.17) is 14.2 Å². The Morgan fingerprint density at radius 3 is 2.22 bits per heavy atom. The molecule has 0 spiro atoms. The number of hydrogen-bond donors (Lipinski definition) is 2. The van der Waals surface area contributed by atoms with E-state index in [9.17, 15) is 31.5 Å². The zero-order valence-electron chi connectivity index (χ0n) is 32.3. The smallest absolute Gasteiger partial charge is 0.393 e. The molecular formula is C36H49F4N5O7SSi2. The number of carboxylic acid groups (broad SMARTS) is 1. The number of aromatic nitrogens is 3. The number of anilines is 2. The van der Waals surface area contributed by atoms with E-state index in [1.165, 1.54) is 17.8 Å². The monoisotopic (exact) mass is 827 g/mol. The van der Waals surface area contributed by atoms with Gasteiger partial charge in [-0.3, -0.25) is 4.31 Å². The van der Waals surface area contributed by atoms with Gasteiger partial charge in [0, 0.05) is 48.5 Å². The van der Waals surface area contributed by atoms with Crippen LogP contribution >= 0.6 is 0 Å². The Bertz CT molecular complexity index is 2100. The molecule has 0 aliphatic heterocycles. The number of carbonyl (C=O) groups is 1. The van der Waals surface area contributed by atoms with Gasteiger partial charge in [0.15, 0.2) is 24.1 Å². The fourth-order valence-electron chi connectivity index (χ4n) is 5.41. The summed E-state index contributed by atoms with van der Waals surface area (Å²) in [6, 6.07) is 11.4. The third-order valence-electron chi connectivity index (χ3n) is 8.54. The molecule has 2 aromatic heterocycles. The van der Waals surface area contributed by atoms with E-state index in [-0.39, 0.29) is 53.6 Å². The highest BCUT2D eigenvalue weighted by Crippen LogP contribution is 2.37. The molecular weight excluding hydrogens is 779 g/mol. The van der Waals surface area contributed by atoms with E-state index in [1.807, 2.05) is 0 Å². The lowest BCUT2D eigenvalue weighted by atomic mass is 9.99. The second-order valence-corrected chi connectivity index (χ2v) is 28.9. The highest BCUT2D eigenvalue weighted by atomic mass is 32.2. The standard InChI is InChI=1S/C36H49F4N5O7SSi2/c1-44(53(2,48)49)29-12-10-9-11-24(29)21-41-34-32-30(45(43-33(32)35(46)47)22-50-13-15-54(3,4)5)19-28(42-34)26-18-27(37)31(17-25(26)20-36(38,39)40)52-23-51-14-16-55(6,7)8/h9-12,17-19H,13-16,20-23H2,1-8H3,(H,41,42)(H,46,47). The zero-order chi connectivity index (χ0) is 40.9. The van der Waals surface area contributed by atoms with Gasteiger partial charge in [-0.25, -0.2) is 27.3 Å². The minimum Gasteiger partial charge on any atom is -0.476 e. The van der Waals surface area contributed by atoms with E-state index in [1.54, 1.807) is 24.3 Å². The van der Waals surface area contributed by atoms with Crippen LogP contribution in [0.2, 0.25) is 51.4 Å². The minimum atomic E-state index is -4.71. The maximum atomic E-state index is 15.7. The molecule has 0 fully saturated rings. The van der Waals surface area contributed by atoms with E-state index >= 15 is 4.39 Å². The molecule has 0 saturated heterocycles. The quantitative estimate of drug-likeness (QED) is 0.0412. The summed E-state index contributed by atoms with van der Waals surface area (Å²) in [4.78, 5) is 17.1. The number of nitrogens with one attached hydrogen (secondary N) is 1. The summed E-state index contributed by atoms with van der Waals surface area (Å²) in [5.41, 5.74) is -0.141. The zero-order valence-corrected chi connectivity index (χ0v) is 35.1. The first-order chi connectivity index (χ1) is 25.4. The summed E-state index contributed by atoms with van der Waals surface area (Å²) in [6.45, 7) is 13.0. The van der Waals surface area contributed by atoms with Gasteiger partial charge in [0.05, 0.1) is 35.0 Å². The van der Waals surface area contributed by atoms with Crippen LogP contribution < -0.4 is 14.4 Å². The Labute approximate surface area is 320 Å². The molecule has 4 aromatic rings. The van der Waals surface area contributed by atoms with Gasteiger partial charge in [-0.1, -0.05) is 57.5 Å². The molecule has 0 atom stereocenters. The van der Waals surface area contributed by atoms with Gasteiger partial charge in [0.25, 0.3) is 0 Å². The predicted molar refractivity (Wildman–Crippen MR) is 210 cm³/mol. The number of hydrogen-bond acceptors (Lipinski definition) is 9. The van der Waals surface area contributed by atoms with Gasteiger partial charge >= 0.3 is 12.1 Å². The molecule has 2 N–H and O–H groups in total. The molecule has 0 radical (unpaired) electrons. The van der Waals surface area contributed by atoms with Gasteiger partial charge in [0.2, 0.25) is 10.0 Å². The number of pyridine rings is 1. The fraction of sp³-hybridized carbons (Fsp3) is 0.472. The van der Waals surface area contributed by atoms with Crippen molar-refractivity contribution < 1.29 is 50.1 Å². The van der Waals surface area contributed by atoms with E-state index in [0.717, 1.165) is 34.8 Å². The summed E-state index contributed by atoms with van der Waals surface area (Å²) >= 11 is 0. The van der Waals surface area contributed by atoms with Crippen molar-refractivity contribution in [3.63, 3.8) is 0 Å². The first kappa shape index (κ1) is 43.7. The number of ether oxygens (including phenoxy) is 3. The SMILES string of the molecule is CN(c1ccccc1CNc1nc(-c2cc(F)c(OCOCC[Si](C)(C)C)cc2CC(F)(F)F)cc2c1c(C(=O)O)nn2COCC[Si](C)(C)C)S(C)(=O)=O. The Morgan fingerprint density at radius 1 is 0.982 bits per heavy atom. The lowest BCUT2D eigenvalue weighted by molar-refractivity contribution is -0.127. The molecule has 0 unspecified atom stereocenters. The number of alkyl halides is 3. The number of rotatable bonds is 19. The highest BCUT2D eigenvalue weighted by molar-refractivity contribution is 7.92. The predicted octanol–water partition coefficient (Wildman–Crippen LogP) is 8.05. The number of sulfonamides is 1. The molecule has 2 heterocycles. The Hall–Kier alpha value is -4.05. The van der Waals surface area contributed by atoms with Crippen LogP contribution in [0.1, 0.15) is 21.6 Å². The first-order valence-corrected chi connectivity index (χ1v) is 26.8. The van der Waals surface area contributed by atoms with Crippen molar-refractivity contribution in [3.05, 3.63) is 65.1 Å². The van der Waals surface area contributed by atoms with Crippen LogP contribution in [0.25, 0.3) is 22.2 Å². The number of para-hydroxylation sites is 1. The van der Waals surface area contributed by atoms with Crippen molar-refractivity contribution in [1.82, 2.24) is 14.8 Å². The van der Waals surface area contributed by atoms with E-state index in [0.29, 0.717) is 24.5 Å². The van der Waals surface area contributed by atoms with Crippen molar-refractivity contribution in [2.45, 2.75) is 77.2 Å². The number of halogens is 4.